The van der Waals surface area contributed by atoms with Crippen molar-refractivity contribution in [2.75, 3.05) is 54.0 Å². The first-order valence-corrected chi connectivity index (χ1v) is 10.2. The summed E-state index contributed by atoms with van der Waals surface area (Å²) in [5, 5.41) is 3.43. The average Bonchev–Trinajstić information content (AvgIpc) is 3.33. The van der Waals surface area contributed by atoms with Gasteiger partial charge in [0.2, 0.25) is 0 Å². The van der Waals surface area contributed by atoms with Crippen molar-refractivity contribution < 1.29 is 18.7 Å². The van der Waals surface area contributed by atoms with Gasteiger partial charge in [-0.1, -0.05) is 6.07 Å². The van der Waals surface area contributed by atoms with E-state index < -0.39 is 0 Å². The third-order valence-corrected chi connectivity index (χ3v) is 5.18. The van der Waals surface area contributed by atoms with E-state index in [-0.39, 0.29) is 5.91 Å². The molecule has 1 aliphatic rings. The number of rotatable bonds is 7. The lowest BCUT2D eigenvalue weighted by Gasteiger charge is -2.36. The molecule has 3 rings (SSSR count). The minimum Gasteiger partial charge on any atom is -0.493 e. The topological polar surface area (TPSA) is 79.5 Å². The maximum Gasteiger partial charge on any atom is 0.289 e. The molecule has 8 nitrogen and oxygen atoms in total. The van der Waals surface area contributed by atoms with Crippen LogP contribution in [0.2, 0.25) is 0 Å². The zero-order valence-corrected chi connectivity index (χ0v) is 17.9. The van der Waals surface area contributed by atoms with Crippen molar-refractivity contribution in [3.8, 4) is 11.5 Å². The first kappa shape index (κ1) is 21.5. The van der Waals surface area contributed by atoms with Crippen LogP contribution in [0.1, 0.15) is 22.5 Å². The second-order valence-corrected chi connectivity index (χ2v) is 7.02. The third-order valence-electron chi connectivity index (χ3n) is 5.18. The van der Waals surface area contributed by atoms with E-state index in [2.05, 4.69) is 21.3 Å². The number of nitrogens with zero attached hydrogens (tertiary/aromatic N) is 3. The Morgan fingerprint density at radius 3 is 2.47 bits per heavy atom. The molecule has 1 aromatic carbocycles. The minimum absolute atomic E-state index is 0.0579. The highest BCUT2D eigenvalue weighted by molar-refractivity contribution is 5.91. The number of carbonyl (C=O) groups excluding carboxylic acids is 1. The Labute approximate surface area is 177 Å². The Bertz CT molecular complexity index is 843. The van der Waals surface area contributed by atoms with Gasteiger partial charge in [-0.25, -0.2) is 0 Å². The van der Waals surface area contributed by atoms with Crippen molar-refractivity contribution in [1.29, 1.82) is 0 Å². The lowest BCUT2D eigenvalue weighted by atomic mass is 10.1. The molecule has 0 spiro atoms. The van der Waals surface area contributed by atoms with Crippen molar-refractivity contribution in [3.05, 3.63) is 47.9 Å². The van der Waals surface area contributed by atoms with Gasteiger partial charge < -0.3 is 29.0 Å². The Balaban J connectivity index is 1.43. The number of hydrogen-bond donors (Lipinski definition) is 1. The lowest BCUT2D eigenvalue weighted by Crippen LogP contribution is -2.53. The highest BCUT2D eigenvalue weighted by atomic mass is 16.5. The van der Waals surface area contributed by atoms with E-state index in [1.165, 1.54) is 11.8 Å². The predicted octanol–water partition coefficient (Wildman–Crippen LogP) is 2.26. The van der Waals surface area contributed by atoms with Crippen LogP contribution < -0.4 is 14.8 Å². The Morgan fingerprint density at radius 2 is 1.83 bits per heavy atom. The molecule has 2 heterocycles. The van der Waals surface area contributed by atoms with Gasteiger partial charge in [0, 0.05) is 39.8 Å². The summed E-state index contributed by atoms with van der Waals surface area (Å²) in [6.07, 6.45) is 3.42. The molecule has 1 aliphatic heterocycles. The molecule has 1 aromatic heterocycles. The maximum atomic E-state index is 12.4. The number of furan rings is 1. The van der Waals surface area contributed by atoms with E-state index in [4.69, 9.17) is 13.9 Å². The molecule has 0 aliphatic carbocycles. The monoisotopic (exact) mass is 414 g/mol. The van der Waals surface area contributed by atoms with Gasteiger partial charge in [0.05, 0.1) is 20.5 Å². The SMILES string of the molecule is CN=C(NCCCc1ccc(OC)c(OC)c1)N1CCN(C(=O)c2ccco2)CC1. The van der Waals surface area contributed by atoms with Crippen LogP contribution in [0, 0.1) is 0 Å². The van der Waals surface area contributed by atoms with Crippen LogP contribution in [0.25, 0.3) is 0 Å². The number of amides is 1. The van der Waals surface area contributed by atoms with Crippen molar-refractivity contribution in [1.82, 2.24) is 15.1 Å². The van der Waals surface area contributed by atoms with Gasteiger partial charge in [0.15, 0.2) is 23.2 Å². The molecule has 0 unspecified atom stereocenters. The van der Waals surface area contributed by atoms with Gasteiger partial charge in [-0.2, -0.15) is 0 Å². The summed E-state index contributed by atoms with van der Waals surface area (Å²) in [7, 11) is 5.08. The van der Waals surface area contributed by atoms with Crippen LogP contribution in [0.5, 0.6) is 11.5 Å². The third kappa shape index (κ3) is 5.25. The molecule has 0 atom stereocenters. The highest BCUT2D eigenvalue weighted by Crippen LogP contribution is 2.27. The smallest absolute Gasteiger partial charge is 0.289 e. The van der Waals surface area contributed by atoms with Crippen molar-refractivity contribution in [3.63, 3.8) is 0 Å². The molecule has 1 N–H and O–H groups in total. The van der Waals surface area contributed by atoms with Crippen molar-refractivity contribution >= 4 is 11.9 Å². The number of hydrogen-bond acceptors (Lipinski definition) is 5. The fourth-order valence-electron chi connectivity index (χ4n) is 3.54. The van der Waals surface area contributed by atoms with Crippen LogP contribution in [-0.4, -0.2) is 75.7 Å². The summed E-state index contributed by atoms with van der Waals surface area (Å²) in [5.74, 6) is 2.69. The molecular formula is C22H30N4O4. The van der Waals surface area contributed by atoms with E-state index in [1.54, 1.807) is 33.4 Å². The molecule has 0 radical (unpaired) electrons. The van der Waals surface area contributed by atoms with Gasteiger partial charge in [0.1, 0.15) is 0 Å². The Kier molecular flexibility index (Phi) is 7.59. The minimum atomic E-state index is -0.0579. The van der Waals surface area contributed by atoms with Crippen LogP contribution in [-0.2, 0) is 6.42 Å². The molecule has 1 amide bonds. The number of carbonyl (C=O) groups is 1. The second kappa shape index (κ2) is 10.6. The first-order valence-electron chi connectivity index (χ1n) is 10.2. The van der Waals surface area contributed by atoms with Crippen LogP contribution in [0.3, 0.4) is 0 Å². The summed E-state index contributed by atoms with van der Waals surface area (Å²) in [6.45, 7) is 3.58. The summed E-state index contributed by atoms with van der Waals surface area (Å²) in [5.41, 5.74) is 1.20. The summed E-state index contributed by atoms with van der Waals surface area (Å²) in [4.78, 5) is 20.8. The molecule has 8 heteroatoms. The molecule has 1 fully saturated rings. The van der Waals surface area contributed by atoms with Crippen LogP contribution in [0.4, 0.5) is 0 Å². The number of piperazine rings is 1. The maximum absolute atomic E-state index is 12.4. The van der Waals surface area contributed by atoms with Crippen molar-refractivity contribution in [2.24, 2.45) is 4.99 Å². The van der Waals surface area contributed by atoms with Gasteiger partial charge in [-0.05, 0) is 42.7 Å². The van der Waals surface area contributed by atoms with Crippen molar-refractivity contribution in [2.45, 2.75) is 12.8 Å². The molecule has 30 heavy (non-hydrogen) atoms. The zero-order chi connectivity index (χ0) is 21.3. The molecule has 1 saturated heterocycles. The Morgan fingerprint density at radius 1 is 1.10 bits per heavy atom. The van der Waals surface area contributed by atoms with Gasteiger partial charge in [-0.3, -0.25) is 9.79 Å². The van der Waals surface area contributed by atoms with Gasteiger partial charge in [0.25, 0.3) is 5.91 Å². The normalized spacial score (nSPS) is 14.6. The highest BCUT2D eigenvalue weighted by Gasteiger charge is 2.25. The van der Waals surface area contributed by atoms with E-state index in [0.717, 1.165) is 49.9 Å². The standard InChI is InChI=1S/C22H30N4O4/c1-23-22(24-10-4-6-17-8-9-18(28-2)20(16-17)29-3)26-13-11-25(12-14-26)21(27)19-7-5-15-30-19/h5,7-9,15-16H,4,6,10-14H2,1-3H3,(H,23,24). The van der Waals surface area contributed by atoms with Gasteiger partial charge in [-0.15, -0.1) is 0 Å². The van der Waals surface area contributed by atoms with E-state index >= 15 is 0 Å². The zero-order valence-electron chi connectivity index (χ0n) is 17.9. The molecule has 0 saturated carbocycles. The van der Waals surface area contributed by atoms with Gasteiger partial charge >= 0.3 is 0 Å². The summed E-state index contributed by atoms with van der Waals surface area (Å²) in [6, 6.07) is 9.45. The average molecular weight is 415 g/mol. The molecule has 0 bridgehead atoms. The molecular weight excluding hydrogens is 384 g/mol. The number of aryl methyl sites for hydroxylation is 1. The number of nitrogens with one attached hydrogen (secondary N) is 1. The van der Waals surface area contributed by atoms with E-state index in [1.807, 2.05) is 17.0 Å². The fraction of sp³-hybridized carbons (Fsp3) is 0.455. The number of ether oxygens (including phenoxy) is 2. The number of guanidine groups is 1. The van der Waals surface area contributed by atoms with E-state index in [9.17, 15) is 4.79 Å². The predicted molar refractivity (Wildman–Crippen MR) is 115 cm³/mol. The Hall–Kier alpha value is -3.16. The summed E-state index contributed by atoms with van der Waals surface area (Å²) < 4.78 is 15.9. The first-order chi connectivity index (χ1) is 14.7. The molecule has 2 aromatic rings. The number of benzene rings is 1. The summed E-state index contributed by atoms with van der Waals surface area (Å²) >= 11 is 0. The lowest BCUT2D eigenvalue weighted by molar-refractivity contribution is 0.0658. The number of methoxy groups -OCH3 is 2. The second-order valence-electron chi connectivity index (χ2n) is 7.02. The fourth-order valence-corrected chi connectivity index (χ4v) is 3.54. The molecule has 162 valence electrons. The largest absolute Gasteiger partial charge is 0.493 e. The van der Waals surface area contributed by atoms with Crippen LogP contribution >= 0.6 is 0 Å². The van der Waals surface area contributed by atoms with Crippen LogP contribution in [0.15, 0.2) is 46.0 Å². The van der Waals surface area contributed by atoms with E-state index in [0.29, 0.717) is 18.8 Å². The quantitative estimate of drug-likeness (QED) is 0.425. The number of aliphatic imine (C=N–C) groups is 1.